The van der Waals surface area contributed by atoms with E-state index in [2.05, 4.69) is 25.3 Å². The zero-order valence-electron chi connectivity index (χ0n) is 12.8. The Kier molecular flexibility index (Phi) is 3.55. The summed E-state index contributed by atoms with van der Waals surface area (Å²) >= 11 is 0. The van der Waals surface area contributed by atoms with Gasteiger partial charge in [-0.2, -0.15) is 0 Å². The average molecular weight is 317 g/mol. The predicted molar refractivity (Wildman–Crippen MR) is 92.5 cm³/mol. The fourth-order valence-corrected chi connectivity index (χ4v) is 2.66. The smallest absolute Gasteiger partial charge is 0.231 e. The van der Waals surface area contributed by atoms with Crippen LogP contribution in [0, 0.1) is 0 Å². The quantitative estimate of drug-likeness (QED) is 0.540. The molecular weight excluding hydrogens is 302 g/mol. The van der Waals surface area contributed by atoms with Gasteiger partial charge < -0.3 is 9.97 Å². The Morgan fingerprint density at radius 2 is 1.96 bits per heavy atom. The number of imidazole rings is 1. The largest absolute Gasteiger partial charge is 0.361 e. The van der Waals surface area contributed by atoms with Crippen LogP contribution in [0.1, 0.15) is 5.56 Å². The second-order valence-corrected chi connectivity index (χ2v) is 5.44. The maximum Gasteiger partial charge on any atom is 0.231 e. The van der Waals surface area contributed by atoms with Crippen LogP contribution in [0.25, 0.3) is 22.3 Å². The van der Waals surface area contributed by atoms with Crippen LogP contribution in [0.3, 0.4) is 0 Å². The third-order valence-electron chi connectivity index (χ3n) is 3.80. The summed E-state index contributed by atoms with van der Waals surface area (Å²) in [7, 11) is 0. The number of nitrogens with zero attached hydrogens (tertiary/aromatic N) is 2. The number of pyridine rings is 1. The van der Waals surface area contributed by atoms with Gasteiger partial charge in [0, 0.05) is 23.3 Å². The van der Waals surface area contributed by atoms with E-state index >= 15 is 0 Å². The Labute approximate surface area is 138 Å². The van der Waals surface area contributed by atoms with Crippen molar-refractivity contribution in [3.8, 4) is 11.4 Å². The molecule has 6 nitrogen and oxygen atoms in total. The number of hydrogen-bond acceptors (Lipinski definition) is 3. The molecule has 3 N–H and O–H groups in total. The molecule has 6 heteroatoms. The van der Waals surface area contributed by atoms with Gasteiger partial charge in [-0.1, -0.05) is 24.3 Å². The molecule has 0 aliphatic rings. The van der Waals surface area contributed by atoms with E-state index in [4.69, 9.17) is 0 Å². The molecule has 1 aromatic carbocycles. The van der Waals surface area contributed by atoms with Crippen molar-refractivity contribution in [1.29, 1.82) is 0 Å². The van der Waals surface area contributed by atoms with E-state index < -0.39 is 0 Å². The number of anilines is 1. The van der Waals surface area contributed by atoms with Crippen LogP contribution in [0.2, 0.25) is 0 Å². The predicted octanol–water partition coefficient (Wildman–Crippen LogP) is 3.13. The Morgan fingerprint density at radius 1 is 1.08 bits per heavy atom. The molecule has 0 aliphatic heterocycles. The van der Waals surface area contributed by atoms with Crippen LogP contribution >= 0.6 is 0 Å². The third kappa shape index (κ3) is 2.77. The highest BCUT2D eigenvalue weighted by atomic mass is 16.1. The molecule has 3 heterocycles. The highest BCUT2D eigenvalue weighted by Crippen LogP contribution is 2.19. The van der Waals surface area contributed by atoms with Gasteiger partial charge in [0.1, 0.15) is 0 Å². The minimum Gasteiger partial charge on any atom is -0.361 e. The highest BCUT2D eigenvalue weighted by molar-refractivity contribution is 5.94. The SMILES string of the molecule is O=C(Cc1c[nH]c2ccccc12)Nc1ncc(-c2ccccn2)[nH]1. The fraction of sp³-hybridized carbons (Fsp3) is 0.0556. The topological polar surface area (TPSA) is 86.5 Å². The number of carbonyl (C=O) groups excluding carboxylic acids is 1. The molecule has 1 amide bonds. The maximum atomic E-state index is 12.3. The van der Waals surface area contributed by atoms with Gasteiger partial charge in [-0.3, -0.25) is 15.1 Å². The average Bonchev–Trinajstić information content (AvgIpc) is 3.23. The summed E-state index contributed by atoms with van der Waals surface area (Å²) in [5, 5.41) is 3.84. The van der Waals surface area contributed by atoms with Crippen LogP contribution in [-0.4, -0.2) is 25.8 Å². The zero-order chi connectivity index (χ0) is 16.4. The standard InChI is InChI=1S/C18H15N5O/c24-17(9-12-10-20-14-6-2-1-5-13(12)14)23-18-21-11-16(22-18)15-7-3-4-8-19-15/h1-8,10-11,20H,9H2,(H2,21,22,23,24). The van der Waals surface area contributed by atoms with Crippen LogP contribution in [0.4, 0.5) is 5.95 Å². The third-order valence-corrected chi connectivity index (χ3v) is 3.80. The van der Waals surface area contributed by atoms with Gasteiger partial charge in [0.25, 0.3) is 0 Å². The van der Waals surface area contributed by atoms with Crippen molar-refractivity contribution in [2.45, 2.75) is 6.42 Å². The van der Waals surface area contributed by atoms with E-state index in [9.17, 15) is 4.79 Å². The van der Waals surface area contributed by atoms with Crippen molar-refractivity contribution in [3.05, 3.63) is 66.6 Å². The number of rotatable bonds is 4. The van der Waals surface area contributed by atoms with Crippen molar-refractivity contribution >= 4 is 22.8 Å². The summed E-state index contributed by atoms with van der Waals surface area (Å²) in [5.41, 5.74) is 3.52. The molecule has 0 aliphatic carbocycles. The summed E-state index contributed by atoms with van der Waals surface area (Å²) in [6.45, 7) is 0. The van der Waals surface area contributed by atoms with Gasteiger partial charge in [0.05, 0.1) is 24.0 Å². The van der Waals surface area contributed by atoms with Gasteiger partial charge in [0.2, 0.25) is 11.9 Å². The number of H-pyrrole nitrogens is 2. The summed E-state index contributed by atoms with van der Waals surface area (Å²) in [4.78, 5) is 26.9. The van der Waals surface area contributed by atoms with Crippen molar-refractivity contribution in [3.63, 3.8) is 0 Å². The van der Waals surface area contributed by atoms with E-state index in [1.807, 2.05) is 48.7 Å². The number of aromatic nitrogens is 4. The monoisotopic (exact) mass is 317 g/mol. The normalized spacial score (nSPS) is 10.8. The lowest BCUT2D eigenvalue weighted by molar-refractivity contribution is -0.115. The molecular formula is C18H15N5O. The Morgan fingerprint density at radius 3 is 2.83 bits per heavy atom. The first-order valence-corrected chi connectivity index (χ1v) is 7.61. The van der Waals surface area contributed by atoms with E-state index in [-0.39, 0.29) is 12.3 Å². The summed E-state index contributed by atoms with van der Waals surface area (Å²) < 4.78 is 0. The first kappa shape index (κ1) is 14.2. The number of benzene rings is 1. The van der Waals surface area contributed by atoms with E-state index in [1.165, 1.54) is 0 Å². The van der Waals surface area contributed by atoms with Crippen molar-refractivity contribution in [2.75, 3.05) is 5.32 Å². The highest BCUT2D eigenvalue weighted by Gasteiger charge is 2.11. The minimum atomic E-state index is -0.123. The van der Waals surface area contributed by atoms with Gasteiger partial charge in [0.15, 0.2) is 0 Å². The zero-order valence-corrected chi connectivity index (χ0v) is 12.8. The molecule has 0 fully saturated rings. The Hall–Kier alpha value is -3.41. The second-order valence-electron chi connectivity index (χ2n) is 5.44. The first-order chi connectivity index (χ1) is 11.8. The first-order valence-electron chi connectivity index (χ1n) is 7.61. The summed E-state index contributed by atoms with van der Waals surface area (Å²) in [5.74, 6) is 0.294. The molecule has 24 heavy (non-hydrogen) atoms. The van der Waals surface area contributed by atoms with Crippen LogP contribution in [0.15, 0.2) is 61.1 Å². The fourth-order valence-electron chi connectivity index (χ4n) is 2.66. The molecule has 0 unspecified atom stereocenters. The van der Waals surface area contributed by atoms with Crippen LogP contribution < -0.4 is 5.32 Å². The van der Waals surface area contributed by atoms with Crippen LogP contribution in [-0.2, 0) is 11.2 Å². The van der Waals surface area contributed by atoms with Gasteiger partial charge in [-0.05, 0) is 23.8 Å². The number of aromatic amines is 2. The van der Waals surface area contributed by atoms with E-state index in [1.54, 1.807) is 12.4 Å². The van der Waals surface area contributed by atoms with Gasteiger partial charge in [-0.25, -0.2) is 4.98 Å². The molecule has 0 atom stereocenters. The number of para-hydroxylation sites is 1. The molecule has 0 saturated heterocycles. The summed E-state index contributed by atoms with van der Waals surface area (Å²) in [6, 6.07) is 13.5. The van der Waals surface area contributed by atoms with Crippen LogP contribution in [0.5, 0.6) is 0 Å². The minimum absolute atomic E-state index is 0.123. The lowest BCUT2D eigenvalue weighted by atomic mass is 10.1. The molecule has 4 rings (SSSR count). The van der Waals surface area contributed by atoms with Gasteiger partial charge >= 0.3 is 0 Å². The lowest BCUT2D eigenvalue weighted by Crippen LogP contribution is -2.15. The van der Waals surface area contributed by atoms with E-state index in [0.29, 0.717) is 5.95 Å². The molecule has 0 radical (unpaired) electrons. The molecule has 4 aromatic rings. The second kappa shape index (κ2) is 6.00. The molecule has 0 bridgehead atoms. The van der Waals surface area contributed by atoms with E-state index in [0.717, 1.165) is 27.9 Å². The van der Waals surface area contributed by atoms with Crippen molar-refractivity contribution < 1.29 is 4.79 Å². The molecule has 118 valence electrons. The number of carbonyl (C=O) groups is 1. The molecule has 0 saturated carbocycles. The Bertz CT molecular complexity index is 987. The maximum absolute atomic E-state index is 12.3. The van der Waals surface area contributed by atoms with Crippen molar-refractivity contribution in [1.82, 2.24) is 19.9 Å². The van der Waals surface area contributed by atoms with Gasteiger partial charge in [-0.15, -0.1) is 0 Å². The summed E-state index contributed by atoms with van der Waals surface area (Å²) in [6.07, 6.45) is 5.52. The Balaban J connectivity index is 1.48. The molecule has 3 aromatic heterocycles. The molecule has 0 spiro atoms. The number of hydrogen-bond donors (Lipinski definition) is 3. The number of nitrogens with one attached hydrogen (secondary N) is 3. The number of amides is 1. The number of fused-ring (bicyclic) bond motifs is 1. The lowest BCUT2D eigenvalue weighted by Gasteiger charge is -2.01. The van der Waals surface area contributed by atoms with Crippen molar-refractivity contribution in [2.24, 2.45) is 0 Å².